The average Bonchev–Trinajstić information content (AvgIpc) is 3.53. The van der Waals surface area contributed by atoms with Gasteiger partial charge in [0.15, 0.2) is 0 Å². The molecule has 10 N–H and O–H groups in total. The van der Waals surface area contributed by atoms with E-state index in [0.717, 1.165) is 6.42 Å². The average molecular weight is 619 g/mol. The van der Waals surface area contributed by atoms with Gasteiger partial charge in [0.05, 0.1) is 6.61 Å². The van der Waals surface area contributed by atoms with E-state index < -0.39 is 84.0 Å². The number of carboxylic acids is 1. The Labute approximate surface area is 253 Å². The normalized spacial score (nSPS) is 40.8. The third kappa shape index (κ3) is 3.97. The van der Waals surface area contributed by atoms with Gasteiger partial charge in [-0.3, -0.25) is 28.8 Å². The van der Waals surface area contributed by atoms with Gasteiger partial charge in [-0.05, 0) is 49.4 Å². The molecule has 7 fully saturated rings. The zero-order chi connectivity index (χ0) is 32.0. The van der Waals surface area contributed by atoms with E-state index in [2.05, 4.69) is 26.6 Å². The topological polar surface area (TPSA) is 249 Å². The lowest BCUT2D eigenvalue weighted by Gasteiger charge is -2.63. The predicted octanol–water partition coefficient (Wildman–Crippen LogP) is -3.25. The van der Waals surface area contributed by atoms with Crippen LogP contribution in [0.4, 0.5) is 0 Å². The van der Waals surface area contributed by atoms with Crippen LogP contribution in [-0.4, -0.2) is 92.9 Å². The quantitative estimate of drug-likeness (QED) is 0.0940. The summed E-state index contributed by atoms with van der Waals surface area (Å²) in [5.74, 6) is -4.27. The number of hydrogen-bond donors (Lipinski definition) is 9. The molecule has 2 heterocycles. The molecule has 5 aliphatic carbocycles. The highest BCUT2D eigenvalue weighted by molar-refractivity contribution is 5.96. The smallest absolute Gasteiger partial charge is 0.303 e. The second-order valence-corrected chi connectivity index (χ2v) is 13.8. The highest BCUT2D eigenvalue weighted by atomic mass is 16.4. The summed E-state index contributed by atoms with van der Waals surface area (Å²) in [7, 11) is 0. The van der Waals surface area contributed by atoms with Crippen molar-refractivity contribution in [1.29, 1.82) is 0 Å². The van der Waals surface area contributed by atoms with E-state index in [4.69, 9.17) is 5.73 Å². The Hall–Kier alpha value is -3.30. The molecule has 44 heavy (non-hydrogen) atoms. The van der Waals surface area contributed by atoms with Gasteiger partial charge in [0.1, 0.15) is 35.4 Å². The van der Waals surface area contributed by atoms with Gasteiger partial charge in [-0.25, -0.2) is 0 Å². The van der Waals surface area contributed by atoms with Crippen molar-refractivity contribution in [3.8, 4) is 0 Å². The number of piperidine rings is 2. The number of aliphatic hydroxyl groups excluding tert-OH is 1. The van der Waals surface area contributed by atoms with Crippen molar-refractivity contribution in [2.75, 3.05) is 6.61 Å². The molecule has 0 aromatic carbocycles. The first kappa shape index (κ1) is 30.7. The van der Waals surface area contributed by atoms with E-state index >= 15 is 0 Å². The zero-order valence-corrected chi connectivity index (χ0v) is 24.9. The summed E-state index contributed by atoms with van der Waals surface area (Å²) in [5.41, 5.74) is 3.12. The standard InChI is InChI=1S/C29H42N6O9/c1-4-9(2)22(33-24(40)13(30)8-36)26(42)31-10(3)23(39)32-14(5-6-15(37)38)25(41)34-29-19-12-7-11-16-17(12)21(29)20(16)28(44,18(11)19)27(43)35-29/h9-14,16-22,36,44H,4-8,30H2,1-3H3,(H,31,42)(H,32,39)(H,33,40)(H,34,41)(H,35,43)(H,37,38)/t9-,10-,11?,12?,13-,14-,16?,17?,18?,19?,20?,21?,22-,28?,29?/m0/s1. The highest BCUT2D eigenvalue weighted by Gasteiger charge is 2.95. The molecule has 0 aromatic rings. The minimum absolute atomic E-state index is 0.112. The molecule has 5 amide bonds. The van der Waals surface area contributed by atoms with Crippen molar-refractivity contribution >= 4 is 35.5 Å². The maximum Gasteiger partial charge on any atom is 0.303 e. The van der Waals surface area contributed by atoms with Crippen molar-refractivity contribution in [2.45, 2.75) is 81.9 Å². The van der Waals surface area contributed by atoms with Crippen LogP contribution in [0, 0.1) is 53.3 Å². The molecule has 2 aliphatic heterocycles. The first-order chi connectivity index (χ1) is 20.7. The predicted molar refractivity (Wildman–Crippen MR) is 149 cm³/mol. The Bertz CT molecular complexity index is 1310. The van der Waals surface area contributed by atoms with E-state index in [1.165, 1.54) is 6.92 Å². The summed E-state index contributed by atoms with van der Waals surface area (Å²) in [6, 6.07) is -4.73. The highest BCUT2D eigenvalue weighted by Crippen LogP contribution is 2.88. The maximum atomic E-state index is 13.8. The summed E-state index contributed by atoms with van der Waals surface area (Å²) in [6.45, 7) is 4.32. The molecule has 0 radical (unpaired) electrons. The summed E-state index contributed by atoms with van der Waals surface area (Å²) in [5, 5.41) is 43.6. The van der Waals surface area contributed by atoms with E-state index in [-0.39, 0.29) is 47.8 Å². The second-order valence-electron chi connectivity index (χ2n) is 13.8. The molecule has 4 bridgehead atoms. The molecule has 242 valence electrons. The molecule has 0 spiro atoms. The molecule has 5 saturated carbocycles. The molecule has 15 nitrogen and oxygen atoms in total. The Balaban J connectivity index is 1.14. The first-order valence-corrected chi connectivity index (χ1v) is 15.6. The number of amides is 5. The van der Waals surface area contributed by atoms with Gasteiger partial charge >= 0.3 is 5.97 Å². The maximum absolute atomic E-state index is 13.8. The fourth-order valence-electron chi connectivity index (χ4n) is 10.2. The number of carboxylic acid groups (broad SMARTS) is 1. The Morgan fingerprint density at radius 2 is 1.61 bits per heavy atom. The van der Waals surface area contributed by atoms with Gasteiger partial charge in [-0.2, -0.15) is 0 Å². The zero-order valence-electron chi connectivity index (χ0n) is 24.9. The van der Waals surface area contributed by atoms with Crippen LogP contribution in [0.2, 0.25) is 0 Å². The van der Waals surface area contributed by atoms with Gasteiger partial charge in [-0.1, -0.05) is 20.3 Å². The van der Waals surface area contributed by atoms with E-state index in [1.54, 1.807) is 6.92 Å². The fraction of sp³-hybridized carbons (Fsp3) is 0.793. The lowest BCUT2D eigenvalue weighted by molar-refractivity contribution is -0.214. The minimum atomic E-state index is -1.40. The van der Waals surface area contributed by atoms with E-state index in [1.807, 2.05) is 6.92 Å². The number of nitrogens with two attached hydrogens (primary N) is 1. The number of aliphatic carboxylic acids is 1. The van der Waals surface area contributed by atoms with Crippen LogP contribution in [0.3, 0.4) is 0 Å². The van der Waals surface area contributed by atoms with Gasteiger partial charge in [0.2, 0.25) is 23.6 Å². The van der Waals surface area contributed by atoms with Crippen LogP contribution in [0.25, 0.3) is 0 Å². The first-order valence-electron chi connectivity index (χ1n) is 15.6. The molecule has 7 rings (SSSR count). The monoisotopic (exact) mass is 618 g/mol. The number of nitrogens with one attached hydrogen (secondary N) is 5. The largest absolute Gasteiger partial charge is 0.481 e. The summed E-state index contributed by atoms with van der Waals surface area (Å²) in [4.78, 5) is 77.0. The van der Waals surface area contributed by atoms with Crippen LogP contribution >= 0.6 is 0 Å². The van der Waals surface area contributed by atoms with Crippen molar-refractivity contribution < 1.29 is 44.1 Å². The van der Waals surface area contributed by atoms with Gasteiger partial charge in [-0.15, -0.1) is 0 Å². The van der Waals surface area contributed by atoms with Crippen LogP contribution in [0.15, 0.2) is 0 Å². The minimum Gasteiger partial charge on any atom is -0.481 e. The number of rotatable bonds is 14. The number of fused-ring (bicyclic) bond motifs is 1. The number of carbonyl (C=O) groups is 6. The third-order valence-corrected chi connectivity index (χ3v) is 11.9. The van der Waals surface area contributed by atoms with E-state index in [9.17, 15) is 44.1 Å². The van der Waals surface area contributed by atoms with Gasteiger partial charge < -0.3 is 47.6 Å². The molecule has 2 saturated heterocycles. The number of carbonyl (C=O) groups excluding carboxylic acids is 5. The molecule has 7 aliphatic rings. The van der Waals surface area contributed by atoms with Crippen molar-refractivity contribution in [2.24, 2.45) is 59.0 Å². The summed E-state index contributed by atoms with van der Waals surface area (Å²) >= 11 is 0. The van der Waals surface area contributed by atoms with E-state index in [0.29, 0.717) is 18.3 Å². The van der Waals surface area contributed by atoms with Crippen LogP contribution in [0.5, 0.6) is 0 Å². The molecule has 15 atom stereocenters. The van der Waals surface area contributed by atoms with Gasteiger partial charge in [0, 0.05) is 30.1 Å². The SMILES string of the molecule is CC[C@H](C)[C@H](NC(=O)[C@@H](N)CO)C(=O)N[C@@H](C)C(=O)N[C@@H](CCC(=O)O)C(=O)NC12NC(=O)C3(O)C4C5CC(C6C5C3C61)C42. The summed E-state index contributed by atoms with van der Waals surface area (Å²) < 4.78 is 0. The Kier molecular flexibility index (Phi) is 7.24. The third-order valence-electron chi connectivity index (χ3n) is 11.9. The van der Waals surface area contributed by atoms with Crippen LogP contribution in [-0.2, 0) is 28.8 Å². The van der Waals surface area contributed by atoms with Crippen molar-refractivity contribution in [1.82, 2.24) is 26.6 Å². The van der Waals surface area contributed by atoms with Gasteiger partial charge in [0.25, 0.3) is 5.91 Å². The fourth-order valence-corrected chi connectivity index (χ4v) is 10.2. The molecular formula is C29H42N6O9. The van der Waals surface area contributed by atoms with Crippen molar-refractivity contribution in [3.63, 3.8) is 0 Å². The molecule has 15 heteroatoms. The second kappa shape index (κ2) is 10.4. The molecular weight excluding hydrogens is 576 g/mol. The number of hydrogen-bond acceptors (Lipinski definition) is 9. The Morgan fingerprint density at radius 1 is 0.955 bits per heavy atom. The number of aliphatic hydroxyl groups is 2. The lowest BCUT2D eigenvalue weighted by atomic mass is 9.50. The molecule has 10 unspecified atom stereocenters. The van der Waals surface area contributed by atoms with Crippen molar-refractivity contribution in [3.05, 3.63) is 0 Å². The Morgan fingerprint density at radius 3 is 2.25 bits per heavy atom. The summed E-state index contributed by atoms with van der Waals surface area (Å²) in [6.07, 6.45) is 0.783. The van der Waals surface area contributed by atoms with Crippen LogP contribution < -0.4 is 32.3 Å². The molecule has 0 aromatic heterocycles. The van der Waals surface area contributed by atoms with Crippen LogP contribution in [0.1, 0.15) is 46.5 Å². The lowest BCUT2D eigenvalue weighted by Crippen LogP contribution is -2.85.